The quantitative estimate of drug-likeness (QED) is 0.409. The van der Waals surface area contributed by atoms with E-state index in [2.05, 4.69) is 20.1 Å². The molecule has 0 aliphatic carbocycles. The Hall–Kier alpha value is -3.55. The molecule has 0 unspecified atom stereocenters. The van der Waals surface area contributed by atoms with Gasteiger partial charge in [0.2, 0.25) is 5.95 Å². The molecule has 2 heterocycles. The Balaban J connectivity index is 1.33. The molecule has 0 spiro atoms. The van der Waals surface area contributed by atoms with E-state index < -0.39 is 5.60 Å². The molecule has 4 aromatic rings. The van der Waals surface area contributed by atoms with Crippen LogP contribution < -0.4 is 10.2 Å². The lowest BCUT2D eigenvalue weighted by Crippen LogP contribution is -2.50. The van der Waals surface area contributed by atoms with E-state index in [0.29, 0.717) is 18.2 Å². The molecule has 3 aromatic carbocycles. The number of halogens is 1. The first-order valence-corrected chi connectivity index (χ1v) is 11.9. The molecule has 1 fully saturated rings. The zero-order valence-corrected chi connectivity index (χ0v) is 20.1. The Bertz CT molecular complexity index is 1310. The Morgan fingerprint density at radius 1 is 0.971 bits per heavy atom. The van der Waals surface area contributed by atoms with Crippen molar-refractivity contribution in [2.24, 2.45) is 0 Å². The van der Waals surface area contributed by atoms with Crippen molar-refractivity contribution in [2.75, 3.05) is 42.9 Å². The standard InChI is InChI=1S/C28H30FN5O/c1-28(2,35)19-33-13-15-34(16-14-33)22-11-12-25(24(29)17-22)31-27-30-18-21-9-6-10-23(26(21)32-27)20-7-4-3-5-8-20/h3-12,17-18,35H,13-16,19H2,1-2H3,(H,30,31,32). The number of fused-ring (bicyclic) bond motifs is 1. The highest BCUT2D eigenvalue weighted by molar-refractivity contribution is 5.93. The van der Waals surface area contributed by atoms with E-state index in [1.54, 1.807) is 18.3 Å². The van der Waals surface area contributed by atoms with Gasteiger partial charge in [0, 0.05) is 55.6 Å². The molecule has 180 valence electrons. The van der Waals surface area contributed by atoms with Crippen LogP contribution in [0.3, 0.4) is 0 Å². The smallest absolute Gasteiger partial charge is 0.227 e. The lowest BCUT2D eigenvalue weighted by atomic mass is 10.0. The topological polar surface area (TPSA) is 64.5 Å². The first-order chi connectivity index (χ1) is 16.9. The maximum absolute atomic E-state index is 15.1. The molecule has 2 N–H and O–H groups in total. The van der Waals surface area contributed by atoms with Gasteiger partial charge in [-0.1, -0.05) is 48.5 Å². The summed E-state index contributed by atoms with van der Waals surface area (Å²) in [6.07, 6.45) is 1.76. The number of aliphatic hydroxyl groups is 1. The predicted octanol–water partition coefficient (Wildman–Crippen LogP) is 5.07. The number of piperazine rings is 1. The Morgan fingerprint density at radius 2 is 1.74 bits per heavy atom. The van der Waals surface area contributed by atoms with Crippen LogP contribution in [0.4, 0.5) is 21.7 Å². The van der Waals surface area contributed by atoms with Crippen LogP contribution in [-0.2, 0) is 0 Å². The average molecular weight is 472 g/mol. The second kappa shape index (κ2) is 9.60. The summed E-state index contributed by atoms with van der Waals surface area (Å²) in [5, 5.41) is 14.0. The molecule has 0 bridgehead atoms. The van der Waals surface area contributed by atoms with Crippen molar-refractivity contribution in [3.05, 3.63) is 78.7 Å². The molecule has 0 atom stereocenters. The molecule has 1 saturated heterocycles. The third-order valence-corrected chi connectivity index (χ3v) is 6.24. The van der Waals surface area contributed by atoms with Gasteiger partial charge in [0.1, 0.15) is 5.82 Å². The molecule has 0 radical (unpaired) electrons. The van der Waals surface area contributed by atoms with Gasteiger partial charge in [-0.05, 0) is 37.6 Å². The Morgan fingerprint density at radius 3 is 2.46 bits per heavy atom. The number of aromatic nitrogens is 2. The molecule has 35 heavy (non-hydrogen) atoms. The number of nitrogens with one attached hydrogen (secondary N) is 1. The van der Waals surface area contributed by atoms with E-state index in [9.17, 15) is 5.11 Å². The monoisotopic (exact) mass is 471 g/mol. The SMILES string of the molecule is CC(C)(O)CN1CCN(c2ccc(Nc3ncc4cccc(-c5ccccc5)c4n3)c(F)c2)CC1. The zero-order valence-electron chi connectivity index (χ0n) is 20.1. The minimum atomic E-state index is -0.714. The number of nitrogens with zero attached hydrogens (tertiary/aromatic N) is 4. The summed E-state index contributed by atoms with van der Waals surface area (Å²) in [4.78, 5) is 13.5. The third kappa shape index (κ3) is 5.42. The molecule has 6 nitrogen and oxygen atoms in total. The highest BCUT2D eigenvalue weighted by Crippen LogP contribution is 2.29. The van der Waals surface area contributed by atoms with Gasteiger partial charge in [-0.3, -0.25) is 4.90 Å². The fraction of sp³-hybridized carbons (Fsp3) is 0.286. The summed E-state index contributed by atoms with van der Waals surface area (Å²) >= 11 is 0. The van der Waals surface area contributed by atoms with Gasteiger partial charge < -0.3 is 15.3 Å². The third-order valence-electron chi connectivity index (χ3n) is 6.24. The Kier molecular flexibility index (Phi) is 6.36. The number of β-amino-alcohol motifs (C(OH)–C–C–N with tert-alkyl or cyclic N) is 1. The van der Waals surface area contributed by atoms with Gasteiger partial charge in [0.05, 0.1) is 16.8 Å². The van der Waals surface area contributed by atoms with E-state index in [1.807, 2.05) is 68.4 Å². The van der Waals surface area contributed by atoms with Crippen LogP contribution in [0, 0.1) is 5.82 Å². The summed E-state index contributed by atoms with van der Waals surface area (Å²) in [6.45, 7) is 7.53. The molecule has 0 saturated carbocycles. The molecule has 1 aliphatic heterocycles. The van der Waals surface area contributed by atoms with Crippen LogP contribution in [0.1, 0.15) is 13.8 Å². The number of para-hydroxylation sites is 1. The van der Waals surface area contributed by atoms with Gasteiger partial charge in [-0.15, -0.1) is 0 Å². The van der Waals surface area contributed by atoms with E-state index in [0.717, 1.165) is 53.9 Å². The van der Waals surface area contributed by atoms with Crippen LogP contribution in [0.5, 0.6) is 0 Å². The largest absolute Gasteiger partial charge is 0.389 e. The first-order valence-electron chi connectivity index (χ1n) is 11.9. The van der Waals surface area contributed by atoms with Crippen LogP contribution in [-0.4, -0.2) is 58.3 Å². The number of rotatable bonds is 6. The molecular formula is C28H30FN5O. The maximum atomic E-state index is 15.1. The van der Waals surface area contributed by atoms with E-state index >= 15 is 4.39 Å². The molecule has 5 rings (SSSR count). The number of hydrogen-bond donors (Lipinski definition) is 2. The van der Waals surface area contributed by atoms with Crippen molar-refractivity contribution in [3.63, 3.8) is 0 Å². The van der Waals surface area contributed by atoms with Crippen molar-refractivity contribution >= 4 is 28.2 Å². The van der Waals surface area contributed by atoms with Crippen molar-refractivity contribution in [1.82, 2.24) is 14.9 Å². The number of hydrogen-bond acceptors (Lipinski definition) is 6. The maximum Gasteiger partial charge on any atom is 0.227 e. The summed E-state index contributed by atoms with van der Waals surface area (Å²) in [5.41, 5.74) is 3.37. The Labute approximate surface area is 205 Å². The van der Waals surface area contributed by atoms with Gasteiger partial charge >= 0.3 is 0 Å². The highest BCUT2D eigenvalue weighted by Gasteiger charge is 2.23. The van der Waals surface area contributed by atoms with Gasteiger partial charge in [-0.25, -0.2) is 14.4 Å². The zero-order chi connectivity index (χ0) is 24.4. The number of anilines is 3. The van der Waals surface area contributed by atoms with Crippen LogP contribution >= 0.6 is 0 Å². The van der Waals surface area contributed by atoms with Crippen molar-refractivity contribution in [3.8, 4) is 11.1 Å². The fourth-order valence-electron chi connectivity index (χ4n) is 4.60. The lowest BCUT2D eigenvalue weighted by Gasteiger charge is -2.38. The average Bonchev–Trinajstić information content (AvgIpc) is 2.85. The van der Waals surface area contributed by atoms with Gasteiger partial charge in [0.25, 0.3) is 0 Å². The van der Waals surface area contributed by atoms with E-state index in [4.69, 9.17) is 4.98 Å². The molecule has 0 amide bonds. The first kappa shape index (κ1) is 23.2. The minimum Gasteiger partial charge on any atom is -0.389 e. The normalized spacial score (nSPS) is 14.9. The van der Waals surface area contributed by atoms with Gasteiger partial charge in [0.15, 0.2) is 0 Å². The molecule has 1 aromatic heterocycles. The van der Waals surface area contributed by atoms with E-state index in [-0.39, 0.29) is 5.82 Å². The second-order valence-corrected chi connectivity index (χ2v) is 9.67. The van der Waals surface area contributed by atoms with Gasteiger partial charge in [-0.2, -0.15) is 0 Å². The second-order valence-electron chi connectivity index (χ2n) is 9.67. The van der Waals surface area contributed by atoms with Crippen LogP contribution in [0.25, 0.3) is 22.0 Å². The van der Waals surface area contributed by atoms with Crippen LogP contribution in [0.2, 0.25) is 0 Å². The molecule has 7 heteroatoms. The van der Waals surface area contributed by atoms with Crippen molar-refractivity contribution in [2.45, 2.75) is 19.4 Å². The number of benzene rings is 3. The van der Waals surface area contributed by atoms with Crippen molar-refractivity contribution < 1.29 is 9.50 Å². The van der Waals surface area contributed by atoms with E-state index in [1.165, 1.54) is 0 Å². The molecule has 1 aliphatic rings. The summed E-state index contributed by atoms with van der Waals surface area (Å²) in [5.74, 6) is 0.00854. The summed E-state index contributed by atoms with van der Waals surface area (Å²) in [6, 6.07) is 21.3. The predicted molar refractivity (Wildman–Crippen MR) is 140 cm³/mol. The minimum absolute atomic E-state index is 0.339. The van der Waals surface area contributed by atoms with Crippen molar-refractivity contribution in [1.29, 1.82) is 0 Å². The molecular weight excluding hydrogens is 441 g/mol. The fourth-order valence-corrected chi connectivity index (χ4v) is 4.60. The van der Waals surface area contributed by atoms with Crippen LogP contribution in [0.15, 0.2) is 72.9 Å². The summed E-state index contributed by atoms with van der Waals surface area (Å²) in [7, 11) is 0. The highest BCUT2D eigenvalue weighted by atomic mass is 19.1. The summed E-state index contributed by atoms with van der Waals surface area (Å²) < 4.78 is 15.1. The lowest BCUT2D eigenvalue weighted by molar-refractivity contribution is 0.0345.